The van der Waals surface area contributed by atoms with Gasteiger partial charge in [0, 0.05) is 12.3 Å². The van der Waals surface area contributed by atoms with Crippen molar-refractivity contribution < 1.29 is 23.5 Å². The molecule has 0 saturated heterocycles. The normalized spacial score (nSPS) is 11.0. The number of amides is 2. The van der Waals surface area contributed by atoms with Crippen molar-refractivity contribution in [3.8, 4) is 11.5 Å². The zero-order valence-electron chi connectivity index (χ0n) is 16.6. The summed E-state index contributed by atoms with van der Waals surface area (Å²) in [5, 5.41) is 6.67. The third-order valence-electron chi connectivity index (χ3n) is 4.00. The van der Waals surface area contributed by atoms with Crippen LogP contribution in [0.4, 0.5) is 4.39 Å². The number of methoxy groups -OCH3 is 2. The Morgan fingerprint density at radius 3 is 2.28 bits per heavy atom. The van der Waals surface area contributed by atoms with Gasteiger partial charge in [-0.05, 0) is 42.3 Å². The first-order valence-corrected chi connectivity index (χ1v) is 8.95. The molecule has 0 unspecified atom stereocenters. The van der Waals surface area contributed by atoms with Crippen molar-refractivity contribution in [1.29, 1.82) is 0 Å². The molecule has 0 aliphatic rings. The maximum absolute atomic E-state index is 12.9. The van der Waals surface area contributed by atoms with Gasteiger partial charge < -0.3 is 14.8 Å². The lowest BCUT2D eigenvalue weighted by Gasteiger charge is -2.09. The lowest BCUT2D eigenvalue weighted by Crippen LogP contribution is -2.26. The molecule has 2 amide bonds. The minimum absolute atomic E-state index is 0.0395. The Kier molecular flexibility index (Phi) is 8.14. The molecule has 0 aromatic heterocycles. The fraction of sp³-hybridized carbons (Fsp3) is 0.286. The highest BCUT2D eigenvalue weighted by atomic mass is 19.1. The molecule has 0 saturated carbocycles. The van der Waals surface area contributed by atoms with Crippen LogP contribution in [0.5, 0.6) is 11.5 Å². The maximum Gasteiger partial charge on any atom is 0.244 e. The number of benzene rings is 2. The summed E-state index contributed by atoms with van der Waals surface area (Å²) in [6.07, 6.45) is 0.145. The SMILES string of the molecule is COc1ccc(CC(=O)N/N=C(\C)CC(=O)NCc2ccc(F)cc2)cc1OC. The second kappa shape index (κ2) is 10.8. The molecule has 2 aromatic rings. The topological polar surface area (TPSA) is 89.0 Å². The minimum Gasteiger partial charge on any atom is -0.493 e. The molecule has 7 nitrogen and oxygen atoms in total. The van der Waals surface area contributed by atoms with Crippen LogP contribution in [0.2, 0.25) is 0 Å². The second-order valence-electron chi connectivity index (χ2n) is 6.33. The molecule has 0 aliphatic heterocycles. The van der Waals surface area contributed by atoms with Gasteiger partial charge in [0.15, 0.2) is 11.5 Å². The lowest BCUT2D eigenvalue weighted by molar-refractivity contribution is -0.121. The maximum atomic E-state index is 12.9. The van der Waals surface area contributed by atoms with Gasteiger partial charge in [-0.15, -0.1) is 0 Å². The lowest BCUT2D eigenvalue weighted by atomic mass is 10.1. The van der Waals surface area contributed by atoms with Crippen molar-refractivity contribution in [3.63, 3.8) is 0 Å². The smallest absolute Gasteiger partial charge is 0.244 e. The zero-order chi connectivity index (χ0) is 21.2. The van der Waals surface area contributed by atoms with Crippen LogP contribution < -0.4 is 20.2 Å². The molecule has 0 bridgehead atoms. The van der Waals surface area contributed by atoms with E-state index in [2.05, 4.69) is 15.8 Å². The predicted molar refractivity (Wildman–Crippen MR) is 107 cm³/mol. The van der Waals surface area contributed by atoms with Crippen LogP contribution in [0.1, 0.15) is 24.5 Å². The molecule has 0 radical (unpaired) electrons. The second-order valence-corrected chi connectivity index (χ2v) is 6.33. The van der Waals surface area contributed by atoms with Crippen LogP contribution in [-0.4, -0.2) is 31.7 Å². The number of rotatable bonds is 9. The highest BCUT2D eigenvalue weighted by Gasteiger charge is 2.09. The summed E-state index contributed by atoms with van der Waals surface area (Å²) in [5.74, 6) is 0.229. The Labute approximate surface area is 168 Å². The van der Waals surface area contributed by atoms with E-state index in [4.69, 9.17) is 9.47 Å². The largest absolute Gasteiger partial charge is 0.493 e. The quantitative estimate of drug-likeness (QED) is 0.499. The minimum atomic E-state index is -0.327. The van der Waals surface area contributed by atoms with E-state index >= 15 is 0 Å². The van der Waals surface area contributed by atoms with Gasteiger partial charge in [0.2, 0.25) is 11.8 Å². The molecule has 2 aromatic carbocycles. The Morgan fingerprint density at radius 2 is 1.62 bits per heavy atom. The monoisotopic (exact) mass is 401 g/mol. The third-order valence-corrected chi connectivity index (χ3v) is 4.00. The van der Waals surface area contributed by atoms with Crippen LogP contribution in [-0.2, 0) is 22.6 Å². The number of hydrazone groups is 1. The van der Waals surface area contributed by atoms with Crippen molar-refractivity contribution in [2.24, 2.45) is 5.10 Å². The summed E-state index contributed by atoms with van der Waals surface area (Å²) in [6, 6.07) is 11.1. The predicted octanol–water partition coefficient (Wildman–Crippen LogP) is 2.58. The number of ether oxygens (including phenoxy) is 2. The summed E-state index contributed by atoms with van der Waals surface area (Å²) in [5.41, 5.74) is 4.43. The number of nitrogens with zero attached hydrogens (tertiary/aromatic N) is 1. The number of halogens is 1. The van der Waals surface area contributed by atoms with Gasteiger partial charge in [0.05, 0.1) is 27.1 Å². The average Bonchev–Trinajstić information content (AvgIpc) is 2.71. The standard InChI is InChI=1S/C21H24FN3O4/c1-14(10-20(26)23-13-15-4-7-17(22)8-5-15)24-25-21(27)12-16-6-9-18(28-2)19(11-16)29-3/h4-9,11H,10,12-13H2,1-3H3,(H,23,26)(H,25,27)/b24-14+. The number of nitrogens with one attached hydrogen (secondary N) is 2. The summed E-state index contributed by atoms with van der Waals surface area (Å²) in [6.45, 7) is 1.94. The number of hydrogen-bond acceptors (Lipinski definition) is 5. The van der Waals surface area contributed by atoms with Crippen molar-refractivity contribution in [1.82, 2.24) is 10.7 Å². The van der Waals surface area contributed by atoms with Crippen LogP contribution in [0.25, 0.3) is 0 Å². The molecule has 29 heavy (non-hydrogen) atoms. The fourth-order valence-corrected chi connectivity index (χ4v) is 2.51. The molecular formula is C21H24FN3O4. The van der Waals surface area contributed by atoms with Crippen molar-refractivity contribution in [2.45, 2.75) is 26.3 Å². The van der Waals surface area contributed by atoms with Crippen LogP contribution >= 0.6 is 0 Å². The molecule has 0 fully saturated rings. The molecule has 8 heteroatoms. The first kappa shape index (κ1) is 21.9. The Hall–Kier alpha value is -3.42. The van der Waals surface area contributed by atoms with Gasteiger partial charge in [-0.3, -0.25) is 9.59 Å². The van der Waals surface area contributed by atoms with Gasteiger partial charge in [-0.1, -0.05) is 18.2 Å². The third kappa shape index (κ3) is 7.25. The van der Waals surface area contributed by atoms with Crippen LogP contribution in [0.15, 0.2) is 47.6 Å². The average molecular weight is 401 g/mol. The highest BCUT2D eigenvalue weighted by Crippen LogP contribution is 2.27. The summed E-state index contributed by atoms with van der Waals surface area (Å²) < 4.78 is 23.2. The van der Waals surface area contributed by atoms with E-state index in [1.54, 1.807) is 37.3 Å². The van der Waals surface area contributed by atoms with Gasteiger partial charge >= 0.3 is 0 Å². The molecule has 0 aliphatic carbocycles. The van der Waals surface area contributed by atoms with Gasteiger partial charge in [0.1, 0.15) is 5.82 Å². The first-order chi connectivity index (χ1) is 13.9. The molecule has 2 N–H and O–H groups in total. The van der Waals surface area contributed by atoms with E-state index in [0.717, 1.165) is 11.1 Å². The van der Waals surface area contributed by atoms with Crippen LogP contribution in [0.3, 0.4) is 0 Å². The molecule has 2 rings (SSSR count). The molecule has 0 atom stereocenters. The summed E-state index contributed by atoms with van der Waals surface area (Å²) >= 11 is 0. The number of hydrogen-bond donors (Lipinski definition) is 2. The van der Waals surface area contributed by atoms with Crippen molar-refractivity contribution in [2.75, 3.05) is 14.2 Å². The summed E-state index contributed by atoms with van der Waals surface area (Å²) in [4.78, 5) is 24.0. The van der Waals surface area contributed by atoms with Gasteiger partial charge in [0.25, 0.3) is 0 Å². The van der Waals surface area contributed by atoms with E-state index in [1.807, 2.05) is 0 Å². The van der Waals surface area contributed by atoms with E-state index in [0.29, 0.717) is 17.2 Å². The Balaban J connectivity index is 1.80. The number of carbonyl (C=O) groups is 2. The van der Waals surface area contributed by atoms with E-state index in [9.17, 15) is 14.0 Å². The molecule has 0 spiro atoms. The molecule has 0 heterocycles. The number of carbonyl (C=O) groups excluding carboxylic acids is 2. The Morgan fingerprint density at radius 1 is 0.966 bits per heavy atom. The van der Waals surface area contributed by atoms with Crippen molar-refractivity contribution >= 4 is 17.5 Å². The van der Waals surface area contributed by atoms with Gasteiger partial charge in [-0.2, -0.15) is 5.10 Å². The fourth-order valence-electron chi connectivity index (χ4n) is 2.51. The first-order valence-electron chi connectivity index (χ1n) is 8.95. The molecular weight excluding hydrogens is 377 g/mol. The van der Waals surface area contributed by atoms with E-state index in [-0.39, 0.29) is 37.0 Å². The van der Waals surface area contributed by atoms with E-state index < -0.39 is 0 Å². The van der Waals surface area contributed by atoms with Gasteiger partial charge in [-0.25, -0.2) is 9.82 Å². The van der Waals surface area contributed by atoms with E-state index in [1.165, 1.54) is 26.4 Å². The highest BCUT2D eigenvalue weighted by molar-refractivity contribution is 6.00. The molecule has 154 valence electrons. The van der Waals surface area contributed by atoms with Crippen LogP contribution in [0, 0.1) is 5.82 Å². The Bertz CT molecular complexity index is 882. The summed E-state index contributed by atoms with van der Waals surface area (Å²) in [7, 11) is 3.06. The zero-order valence-corrected chi connectivity index (χ0v) is 16.6. The van der Waals surface area contributed by atoms with Crippen molar-refractivity contribution in [3.05, 3.63) is 59.4 Å².